The fourth-order valence-corrected chi connectivity index (χ4v) is 2.08. The Labute approximate surface area is 123 Å². The number of likely N-dealkylation sites (N-methyl/N-ethyl adjacent to an activating group) is 1. The van der Waals surface area contributed by atoms with Crippen LogP contribution < -0.4 is 5.32 Å². The SMILES string of the molecule is CN1CCC(NC(=O)c2ncccc2C#CCCO)C1=O. The number of nitrogens with one attached hydrogen (secondary N) is 1. The summed E-state index contributed by atoms with van der Waals surface area (Å²) in [7, 11) is 1.71. The Morgan fingerprint density at radius 1 is 1.62 bits per heavy atom. The first-order valence-electron chi connectivity index (χ1n) is 6.74. The molecule has 1 unspecified atom stereocenters. The Bertz CT molecular complexity index is 604. The van der Waals surface area contributed by atoms with Crippen LogP contribution in [0.1, 0.15) is 28.9 Å². The molecule has 0 radical (unpaired) electrons. The maximum atomic E-state index is 12.2. The molecule has 0 aromatic carbocycles. The van der Waals surface area contributed by atoms with Crippen molar-refractivity contribution in [3.8, 4) is 11.8 Å². The van der Waals surface area contributed by atoms with Crippen LogP contribution in [0.3, 0.4) is 0 Å². The van der Waals surface area contributed by atoms with Gasteiger partial charge in [0.2, 0.25) is 5.91 Å². The molecule has 1 aliphatic rings. The molecule has 1 atom stereocenters. The molecule has 1 aliphatic heterocycles. The second kappa shape index (κ2) is 6.86. The molecule has 110 valence electrons. The quantitative estimate of drug-likeness (QED) is 0.753. The third kappa shape index (κ3) is 3.58. The van der Waals surface area contributed by atoms with Gasteiger partial charge in [0.25, 0.3) is 5.91 Å². The third-order valence-electron chi connectivity index (χ3n) is 3.22. The minimum Gasteiger partial charge on any atom is -0.395 e. The van der Waals surface area contributed by atoms with Gasteiger partial charge in [0.1, 0.15) is 11.7 Å². The first kappa shape index (κ1) is 15.0. The lowest BCUT2D eigenvalue weighted by atomic mass is 10.1. The summed E-state index contributed by atoms with van der Waals surface area (Å²) in [5.74, 6) is 5.08. The van der Waals surface area contributed by atoms with Gasteiger partial charge in [-0.15, -0.1) is 0 Å². The van der Waals surface area contributed by atoms with Crippen LogP contribution in [0.5, 0.6) is 0 Å². The van der Waals surface area contributed by atoms with E-state index in [1.54, 1.807) is 24.1 Å². The maximum absolute atomic E-state index is 12.2. The standard InChI is InChI=1S/C15H17N3O3/c1-18-9-7-12(15(18)21)17-14(20)13-11(5-2-3-10-19)6-4-8-16-13/h4,6,8,12,19H,3,7,9-10H2,1H3,(H,17,20). The molecule has 2 rings (SSSR count). The van der Waals surface area contributed by atoms with Crippen LogP contribution in [0.4, 0.5) is 0 Å². The molecule has 1 aromatic heterocycles. The Morgan fingerprint density at radius 2 is 2.43 bits per heavy atom. The average molecular weight is 287 g/mol. The summed E-state index contributed by atoms with van der Waals surface area (Å²) in [6.45, 7) is 0.604. The van der Waals surface area contributed by atoms with E-state index in [4.69, 9.17) is 5.11 Å². The van der Waals surface area contributed by atoms with E-state index in [0.29, 0.717) is 24.9 Å². The number of amides is 2. The van der Waals surface area contributed by atoms with Gasteiger partial charge in [0.15, 0.2) is 0 Å². The van der Waals surface area contributed by atoms with E-state index in [1.165, 1.54) is 6.20 Å². The predicted octanol–water partition coefficient (Wildman–Crippen LogP) is -0.224. The van der Waals surface area contributed by atoms with E-state index in [0.717, 1.165) is 0 Å². The van der Waals surface area contributed by atoms with E-state index in [1.807, 2.05) is 0 Å². The van der Waals surface area contributed by atoms with Crippen molar-refractivity contribution in [2.45, 2.75) is 18.9 Å². The molecule has 2 heterocycles. The zero-order valence-electron chi connectivity index (χ0n) is 11.8. The van der Waals surface area contributed by atoms with Crippen molar-refractivity contribution in [2.24, 2.45) is 0 Å². The number of hydrogen-bond donors (Lipinski definition) is 2. The van der Waals surface area contributed by atoms with Crippen LogP contribution in [-0.2, 0) is 4.79 Å². The summed E-state index contributed by atoms with van der Waals surface area (Å²) in [6.07, 6.45) is 2.44. The normalized spacial score (nSPS) is 17.3. The highest BCUT2D eigenvalue weighted by Gasteiger charge is 2.31. The average Bonchev–Trinajstić information content (AvgIpc) is 2.80. The summed E-state index contributed by atoms with van der Waals surface area (Å²) in [5, 5.41) is 11.4. The molecule has 6 nitrogen and oxygen atoms in total. The highest BCUT2D eigenvalue weighted by molar-refractivity contribution is 5.98. The van der Waals surface area contributed by atoms with Crippen molar-refractivity contribution in [1.29, 1.82) is 0 Å². The Hall–Kier alpha value is -2.39. The second-order valence-electron chi connectivity index (χ2n) is 4.75. The fourth-order valence-electron chi connectivity index (χ4n) is 2.08. The van der Waals surface area contributed by atoms with E-state index < -0.39 is 11.9 Å². The van der Waals surface area contributed by atoms with Gasteiger partial charge in [-0.2, -0.15) is 0 Å². The molecule has 6 heteroatoms. The number of pyridine rings is 1. The van der Waals surface area contributed by atoms with Gasteiger partial charge in [-0.05, 0) is 18.6 Å². The Balaban J connectivity index is 2.13. The minimum atomic E-state index is -0.497. The zero-order valence-corrected chi connectivity index (χ0v) is 11.8. The number of aromatic nitrogens is 1. The predicted molar refractivity (Wildman–Crippen MR) is 76.3 cm³/mol. The van der Waals surface area contributed by atoms with Gasteiger partial charge in [0, 0.05) is 26.2 Å². The molecular weight excluding hydrogens is 270 g/mol. The number of carbonyl (C=O) groups is 2. The number of carbonyl (C=O) groups excluding carboxylic acids is 2. The van der Waals surface area contributed by atoms with Crippen LogP contribution in [0.2, 0.25) is 0 Å². The van der Waals surface area contributed by atoms with Crippen molar-refractivity contribution in [2.75, 3.05) is 20.2 Å². The molecular formula is C15H17N3O3. The summed E-state index contributed by atoms with van der Waals surface area (Å²) in [5.41, 5.74) is 0.688. The molecule has 2 amide bonds. The maximum Gasteiger partial charge on any atom is 0.271 e. The molecule has 0 spiro atoms. The first-order chi connectivity index (χ1) is 10.1. The highest BCUT2D eigenvalue weighted by atomic mass is 16.2. The molecule has 0 saturated carbocycles. The van der Waals surface area contributed by atoms with Crippen LogP contribution in [-0.4, -0.2) is 53.0 Å². The van der Waals surface area contributed by atoms with E-state index in [2.05, 4.69) is 22.1 Å². The van der Waals surface area contributed by atoms with Crippen LogP contribution in [0.25, 0.3) is 0 Å². The van der Waals surface area contributed by atoms with Crippen molar-refractivity contribution in [1.82, 2.24) is 15.2 Å². The van der Waals surface area contributed by atoms with Crippen molar-refractivity contribution < 1.29 is 14.7 Å². The third-order valence-corrected chi connectivity index (χ3v) is 3.22. The van der Waals surface area contributed by atoms with Gasteiger partial charge in [-0.3, -0.25) is 9.59 Å². The molecule has 0 aliphatic carbocycles. The van der Waals surface area contributed by atoms with Crippen LogP contribution in [0.15, 0.2) is 18.3 Å². The second-order valence-corrected chi connectivity index (χ2v) is 4.75. The lowest BCUT2D eigenvalue weighted by molar-refractivity contribution is -0.128. The molecule has 21 heavy (non-hydrogen) atoms. The summed E-state index contributed by atoms with van der Waals surface area (Å²) in [4.78, 5) is 29.7. The monoisotopic (exact) mass is 287 g/mol. The number of aliphatic hydroxyl groups excluding tert-OH is 1. The van der Waals surface area contributed by atoms with Crippen molar-refractivity contribution in [3.05, 3.63) is 29.6 Å². The minimum absolute atomic E-state index is 0.0301. The topological polar surface area (TPSA) is 82.5 Å². The lowest BCUT2D eigenvalue weighted by Crippen LogP contribution is -2.41. The summed E-state index contributed by atoms with van der Waals surface area (Å²) < 4.78 is 0. The molecule has 2 N–H and O–H groups in total. The number of likely N-dealkylation sites (tertiary alicyclic amines) is 1. The Morgan fingerprint density at radius 3 is 3.10 bits per heavy atom. The van der Waals surface area contributed by atoms with Gasteiger partial charge in [-0.25, -0.2) is 4.98 Å². The van der Waals surface area contributed by atoms with Crippen LogP contribution in [0, 0.1) is 11.8 Å². The number of rotatable bonds is 3. The number of hydrogen-bond acceptors (Lipinski definition) is 4. The van der Waals surface area contributed by atoms with E-state index in [-0.39, 0.29) is 18.2 Å². The zero-order chi connectivity index (χ0) is 15.2. The van der Waals surface area contributed by atoms with E-state index in [9.17, 15) is 9.59 Å². The number of aliphatic hydroxyl groups is 1. The summed E-state index contributed by atoms with van der Waals surface area (Å²) in [6, 6.07) is 2.88. The van der Waals surface area contributed by atoms with Gasteiger partial charge in [0.05, 0.1) is 12.2 Å². The van der Waals surface area contributed by atoms with Gasteiger partial charge in [-0.1, -0.05) is 11.8 Å². The first-order valence-corrected chi connectivity index (χ1v) is 6.74. The highest BCUT2D eigenvalue weighted by Crippen LogP contribution is 2.10. The summed E-state index contributed by atoms with van der Waals surface area (Å²) >= 11 is 0. The lowest BCUT2D eigenvalue weighted by Gasteiger charge is -2.12. The molecule has 0 bridgehead atoms. The molecule has 1 aromatic rings. The molecule has 1 fully saturated rings. The number of nitrogens with zero attached hydrogens (tertiary/aromatic N) is 2. The van der Waals surface area contributed by atoms with Crippen LogP contribution >= 0.6 is 0 Å². The fraction of sp³-hybridized carbons (Fsp3) is 0.400. The van der Waals surface area contributed by atoms with Gasteiger partial charge < -0.3 is 15.3 Å². The smallest absolute Gasteiger partial charge is 0.271 e. The largest absolute Gasteiger partial charge is 0.395 e. The van der Waals surface area contributed by atoms with E-state index >= 15 is 0 Å². The molecule has 1 saturated heterocycles. The van der Waals surface area contributed by atoms with Crippen molar-refractivity contribution in [3.63, 3.8) is 0 Å². The Kier molecular flexibility index (Phi) is 4.90. The van der Waals surface area contributed by atoms with Crippen molar-refractivity contribution >= 4 is 11.8 Å². The van der Waals surface area contributed by atoms with Gasteiger partial charge >= 0.3 is 0 Å².